The summed E-state index contributed by atoms with van der Waals surface area (Å²) < 4.78 is 27.0. The maximum atomic E-state index is 13.5. The van der Waals surface area contributed by atoms with Crippen molar-refractivity contribution >= 4 is 29.5 Å². The van der Waals surface area contributed by atoms with Crippen molar-refractivity contribution in [2.24, 2.45) is 0 Å². The van der Waals surface area contributed by atoms with E-state index in [0.717, 1.165) is 10.5 Å². The van der Waals surface area contributed by atoms with Gasteiger partial charge in [-0.1, -0.05) is 111 Å². The maximum absolute atomic E-state index is 13.5. The van der Waals surface area contributed by atoms with E-state index in [1.54, 1.807) is 0 Å². The van der Waals surface area contributed by atoms with Crippen LogP contribution in [-0.2, 0) is 20.0 Å². The van der Waals surface area contributed by atoms with E-state index in [1.165, 1.54) is 10.4 Å². The third-order valence-electron chi connectivity index (χ3n) is 6.96. The summed E-state index contributed by atoms with van der Waals surface area (Å²) in [6, 6.07) is 29.4. The zero-order chi connectivity index (χ0) is 25.8. The van der Waals surface area contributed by atoms with Crippen molar-refractivity contribution in [1.82, 2.24) is 0 Å². The molecule has 1 aliphatic rings. The predicted octanol–water partition coefficient (Wildman–Crippen LogP) is 5.78. The molecule has 0 saturated heterocycles. The van der Waals surface area contributed by atoms with E-state index in [4.69, 9.17) is 9.16 Å². The fraction of sp³-hybridized carbons (Fsp3) is 0.355. The molecule has 0 amide bonds. The van der Waals surface area contributed by atoms with Gasteiger partial charge in [0.15, 0.2) is 0 Å². The number of aryl methyl sites for hydroxylation is 1. The van der Waals surface area contributed by atoms with Crippen molar-refractivity contribution in [3.05, 3.63) is 103 Å². The van der Waals surface area contributed by atoms with Gasteiger partial charge in [-0.25, -0.2) is 0 Å². The van der Waals surface area contributed by atoms with Crippen LogP contribution in [0.1, 0.15) is 39.7 Å². The highest BCUT2D eigenvalue weighted by Crippen LogP contribution is 2.38. The Morgan fingerprint density at radius 1 is 0.944 bits per heavy atom. The minimum atomic E-state index is -2.67. The van der Waals surface area contributed by atoms with Gasteiger partial charge in [0.1, 0.15) is 0 Å². The first kappa shape index (κ1) is 26.7. The second-order valence-corrected chi connectivity index (χ2v) is 16.6. The summed E-state index contributed by atoms with van der Waals surface area (Å²) in [5.41, 5.74) is 1.16. The smallest absolute Gasteiger partial charge is 0.261 e. The molecule has 0 saturated carbocycles. The molecule has 0 fully saturated rings. The highest BCUT2D eigenvalue weighted by Gasteiger charge is 2.51. The molecule has 3 aromatic rings. The van der Waals surface area contributed by atoms with Crippen LogP contribution in [-0.4, -0.2) is 36.6 Å². The molecule has 1 heterocycles. The average molecular weight is 519 g/mol. The molecule has 4 rings (SSSR count). The Labute approximate surface area is 220 Å². The Bertz CT molecular complexity index is 1130. The lowest BCUT2D eigenvalue weighted by atomic mass is 10.1. The van der Waals surface area contributed by atoms with Crippen LogP contribution >= 0.6 is 0 Å². The molecule has 3 aromatic carbocycles. The quantitative estimate of drug-likeness (QED) is 0.280. The van der Waals surface area contributed by atoms with Gasteiger partial charge in [0, 0.05) is 11.0 Å². The fourth-order valence-electron chi connectivity index (χ4n) is 5.20. The molecule has 4 atom stereocenters. The van der Waals surface area contributed by atoms with Crippen LogP contribution in [0, 0.1) is 6.92 Å². The largest absolute Gasteiger partial charge is 0.405 e. The Hall–Kier alpha value is -2.31. The fourth-order valence-corrected chi connectivity index (χ4v) is 11.3. The van der Waals surface area contributed by atoms with Crippen molar-refractivity contribution in [2.45, 2.75) is 68.4 Å². The molecular formula is C31H38O3SSi. The van der Waals surface area contributed by atoms with E-state index in [1.807, 2.05) is 37.3 Å². The molecule has 3 nitrogen and oxygen atoms in total. The molecule has 0 N–H and O–H groups in total. The van der Waals surface area contributed by atoms with Crippen LogP contribution < -0.4 is 10.4 Å². The first-order valence-corrected chi connectivity index (χ1v) is 15.9. The second kappa shape index (κ2) is 11.4. The average Bonchev–Trinajstić information content (AvgIpc) is 2.88. The summed E-state index contributed by atoms with van der Waals surface area (Å²) in [7, 11) is -3.86. The number of benzene rings is 3. The summed E-state index contributed by atoms with van der Waals surface area (Å²) >= 11 is 0. The summed E-state index contributed by atoms with van der Waals surface area (Å²) in [5.74, 6) is 0. The molecule has 0 spiro atoms. The van der Waals surface area contributed by atoms with Crippen LogP contribution in [0.15, 0.2) is 102 Å². The van der Waals surface area contributed by atoms with Gasteiger partial charge in [0.2, 0.25) is 0 Å². The van der Waals surface area contributed by atoms with Crippen LogP contribution in [0.5, 0.6) is 0 Å². The third kappa shape index (κ3) is 5.65. The molecule has 0 bridgehead atoms. The Balaban J connectivity index is 1.64. The minimum absolute atomic E-state index is 0.0784. The molecule has 190 valence electrons. The first-order chi connectivity index (χ1) is 17.2. The SMILES string of the molecule is Cc1ccc(S(=O)[C@@H]2C=CCO[C@H]2CC(C)O[Si](c2ccccc2)(c2ccccc2)C(C)(C)C)cc1. The summed E-state index contributed by atoms with van der Waals surface area (Å²) in [4.78, 5) is 0.839. The van der Waals surface area contributed by atoms with E-state index >= 15 is 0 Å². The number of rotatable bonds is 8. The van der Waals surface area contributed by atoms with E-state index < -0.39 is 19.1 Å². The van der Waals surface area contributed by atoms with Gasteiger partial charge in [-0.3, -0.25) is 4.21 Å². The van der Waals surface area contributed by atoms with Crippen molar-refractivity contribution in [1.29, 1.82) is 0 Å². The van der Waals surface area contributed by atoms with Gasteiger partial charge in [0.05, 0.1) is 28.8 Å². The number of ether oxygens (including phenoxy) is 1. The highest BCUT2D eigenvalue weighted by molar-refractivity contribution is 7.86. The van der Waals surface area contributed by atoms with E-state index in [-0.39, 0.29) is 22.5 Å². The van der Waals surface area contributed by atoms with Crippen LogP contribution in [0.4, 0.5) is 0 Å². The molecule has 2 unspecified atom stereocenters. The molecule has 36 heavy (non-hydrogen) atoms. The predicted molar refractivity (Wildman–Crippen MR) is 153 cm³/mol. The zero-order valence-electron chi connectivity index (χ0n) is 22.0. The van der Waals surface area contributed by atoms with Crippen LogP contribution in [0.3, 0.4) is 0 Å². The standard InChI is InChI=1S/C31H38O3SSi/c1-24-18-20-26(21-19-24)35(32)30-17-12-22-33-29(30)23-25(2)34-36(31(3,4)5,27-13-8-6-9-14-27)28-15-10-7-11-16-28/h6-21,25,29-30H,22-23H2,1-5H3/t25?,29-,30+,35?/m0/s1. The monoisotopic (exact) mass is 518 g/mol. The van der Waals surface area contributed by atoms with Gasteiger partial charge in [0.25, 0.3) is 8.32 Å². The van der Waals surface area contributed by atoms with Gasteiger partial charge < -0.3 is 9.16 Å². The zero-order valence-corrected chi connectivity index (χ0v) is 23.8. The maximum Gasteiger partial charge on any atom is 0.261 e. The minimum Gasteiger partial charge on any atom is -0.405 e. The van der Waals surface area contributed by atoms with E-state index in [0.29, 0.717) is 13.0 Å². The topological polar surface area (TPSA) is 35.5 Å². The van der Waals surface area contributed by atoms with Gasteiger partial charge in [-0.2, -0.15) is 0 Å². The molecule has 1 aliphatic heterocycles. The van der Waals surface area contributed by atoms with Crippen molar-refractivity contribution < 1.29 is 13.4 Å². The normalized spacial score (nSPS) is 20.1. The Morgan fingerprint density at radius 2 is 1.50 bits per heavy atom. The number of hydrogen-bond acceptors (Lipinski definition) is 3. The molecule has 0 aliphatic carbocycles. The van der Waals surface area contributed by atoms with Crippen molar-refractivity contribution in [3.63, 3.8) is 0 Å². The molecule has 5 heteroatoms. The third-order valence-corrected chi connectivity index (χ3v) is 13.8. The Kier molecular flexibility index (Phi) is 8.46. The van der Waals surface area contributed by atoms with Gasteiger partial charge in [-0.15, -0.1) is 0 Å². The molecule has 0 aromatic heterocycles. The molecule has 0 radical (unpaired) electrons. The summed E-state index contributed by atoms with van der Waals surface area (Å²) in [6.45, 7) is 11.6. The van der Waals surface area contributed by atoms with Gasteiger partial charge >= 0.3 is 0 Å². The van der Waals surface area contributed by atoms with Crippen LogP contribution in [0.25, 0.3) is 0 Å². The Morgan fingerprint density at radius 3 is 2.03 bits per heavy atom. The highest BCUT2D eigenvalue weighted by atomic mass is 32.2. The van der Waals surface area contributed by atoms with Gasteiger partial charge in [-0.05, 0) is 47.8 Å². The lowest BCUT2D eigenvalue weighted by Crippen LogP contribution is -2.67. The van der Waals surface area contributed by atoms with Crippen molar-refractivity contribution in [2.75, 3.05) is 6.61 Å². The second-order valence-electron chi connectivity index (χ2n) is 10.7. The number of hydrogen-bond donors (Lipinski definition) is 0. The summed E-state index contributed by atoms with van der Waals surface area (Å²) in [5, 5.41) is 2.23. The summed E-state index contributed by atoms with van der Waals surface area (Å²) in [6.07, 6.45) is 4.48. The lowest BCUT2D eigenvalue weighted by molar-refractivity contribution is 0.0348. The molecular weight excluding hydrogens is 480 g/mol. The lowest BCUT2D eigenvalue weighted by Gasteiger charge is -2.45. The first-order valence-electron chi connectivity index (χ1n) is 12.8. The van der Waals surface area contributed by atoms with Crippen LogP contribution in [0.2, 0.25) is 5.04 Å². The van der Waals surface area contributed by atoms with E-state index in [9.17, 15) is 4.21 Å². The van der Waals surface area contributed by atoms with E-state index in [2.05, 4.69) is 94.4 Å². The van der Waals surface area contributed by atoms with Crippen molar-refractivity contribution in [3.8, 4) is 0 Å².